The number of thiophene rings is 1. The number of benzene rings is 3. The van der Waals surface area contributed by atoms with Gasteiger partial charge in [-0.1, -0.05) is 29.8 Å². The van der Waals surface area contributed by atoms with E-state index in [1.165, 1.54) is 29.8 Å². The molecule has 322 valence electrons. The van der Waals surface area contributed by atoms with Crippen LogP contribution in [-0.4, -0.2) is 119 Å². The molecule has 4 bridgehead atoms. The van der Waals surface area contributed by atoms with Crippen LogP contribution in [0.1, 0.15) is 28.7 Å². The Labute approximate surface area is 366 Å². The summed E-state index contributed by atoms with van der Waals surface area (Å²) in [5.41, 5.74) is 3.96. The summed E-state index contributed by atoms with van der Waals surface area (Å²) in [6.07, 6.45) is 0.606. The maximum Gasteiger partial charge on any atom is 0.345 e. The lowest BCUT2D eigenvalue weighted by Crippen LogP contribution is -2.49. The summed E-state index contributed by atoms with van der Waals surface area (Å²) < 4.78 is 51.6. The third-order valence-corrected chi connectivity index (χ3v) is 12.8. The van der Waals surface area contributed by atoms with Crippen molar-refractivity contribution in [2.75, 3.05) is 66.2 Å². The zero-order chi connectivity index (χ0) is 42.7. The average Bonchev–Trinajstić information content (AvgIpc) is 3.68. The summed E-state index contributed by atoms with van der Waals surface area (Å²) in [6.45, 7) is 7.61. The summed E-state index contributed by atoms with van der Waals surface area (Å²) in [5, 5.41) is 11.7. The van der Waals surface area contributed by atoms with Crippen LogP contribution in [0.2, 0.25) is 5.02 Å². The Bertz CT molecular complexity index is 2570. The molecular formula is C45H44ClFN6O8S. The van der Waals surface area contributed by atoms with Gasteiger partial charge in [0.2, 0.25) is 12.0 Å². The second kappa shape index (κ2) is 18.5. The number of carboxylic acids is 1. The van der Waals surface area contributed by atoms with E-state index in [0.29, 0.717) is 87.1 Å². The Hall–Kier alpha value is -5.49. The molecule has 0 saturated carbocycles. The molecule has 0 aliphatic carbocycles. The molecule has 10 rings (SSSR count). The minimum absolute atomic E-state index is 0.0596. The van der Waals surface area contributed by atoms with Gasteiger partial charge in [0.25, 0.3) is 0 Å². The van der Waals surface area contributed by atoms with E-state index in [0.717, 1.165) is 42.2 Å². The topological polar surface area (TPSA) is 151 Å². The highest BCUT2D eigenvalue weighted by Crippen LogP contribution is 2.49. The fraction of sp³-hybridized carbons (Fsp3) is 0.356. The summed E-state index contributed by atoms with van der Waals surface area (Å²) in [5.74, 6) is 0.337. The first-order valence-corrected chi connectivity index (χ1v) is 21.6. The Morgan fingerprint density at radius 2 is 1.84 bits per heavy atom. The number of aromatic nitrogens is 4. The Balaban J connectivity index is 1.13. The number of likely N-dealkylation sites (N-methyl/N-ethyl adjacent to an activating group) is 1. The van der Waals surface area contributed by atoms with E-state index in [2.05, 4.69) is 36.8 Å². The first-order valence-electron chi connectivity index (χ1n) is 20.4. The number of rotatable bonds is 8. The molecule has 3 aromatic heterocycles. The van der Waals surface area contributed by atoms with Gasteiger partial charge in [-0.25, -0.2) is 29.1 Å². The van der Waals surface area contributed by atoms with Crippen molar-refractivity contribution >= 4 is 39.1 Å². The van der Waals surface area contributed by atoms with Crippen LogP contribution < -0.4 is 18.9 Å². The van der Waals surface area contributed by atoms with Gasteiger partial charge in [-0.2, -0.15) is 0 Å². The fourth-order valence-corrected chi connectivity index (χ4v) is 9.15. The number of hydrogen-bond donors (Lipinski definition) is 1. The maximum absolute atomic E-state index is 14.2. The van der Waals surface area contributed by atoms with Crippen molar-refractivity contribution in [1.82, 2.24) is 29.7 Å². The van der Waals surface area contributed by atoms with Crippen LogP contribution in [0.3, 0.4) is 0 Å². The van der Waals surface area contributed by atoms with Crippen LogP contribution >= 0.6 is 22.9 Å². The average molecular weight is 883 g/mol. The van der Waals surface area contributed by atoms with Crippen LogP contribution in [0.15, 0.2) is 73.2 Å². The minimum atomic E-state index is -1.43. The van der Waals surface area contributed by atoms with Gasteiger partial charge in [-0.05, 0) is 73.1 Å². The number of ether oxygens (including phenoxy) is 6. The lowest BCUT2D eigenvalue weighted by atomic mass is 9.96. The number of fused-ring (bicyclic) bond motifs is 7. The van der Waals surface area contributed by atoms with E-state index in [4.69, 9.17) is 40.0 Å². The first kappa shape index (κ1) is 41.8. The number of nitrogens with zero attached hydrogens (tertiary/aromatic N) is 6. The molecule has 1 unspecified atom stereocenters. The summed E-state index contributed by atoms with van der Waals surface area (Å²) >= 11 is 8.58. The molecular weight excluding hydrogens is 839 g/mol. The Morgan fingerprint density at radius 3 is 2.63 bits per heavy atom. The van der Waals surface area contributed by atoms with E-state index in [1.54, 1.807) is 42.6 Å². The molecule has 2 fully saturated rings. The molecule has 0 spiro atoms. The van der Waals surface area contributed by atoms with Gasteiger partial charge in [0.05, 0.1) is 35.9 Å². The lowest BCUT2D eigenvalue weighted by molar-refractivity contribution is -0.145. The quantitative estimate of drug-likeness (QED) is 0.166. The van der Waals surface area contributed by atoms with Crippen molar-refractivity contribution < 1.29 is 42.7 Å². The zero-order valence-corrected chi connectivity index (χ0v) is 35.7. The summed E-state index contributed by atoms with van der Waals surface area (Å²) in [6, 6.07) is 17.0. The van der Waals surface area contributed by atoms with Crippen molar-refractivity contribution in [3.05, 3.63) is 107 Å². The maximum atomic E-state index is 14.2. The van der Waals surface area contributed by atoms with Gasteiger partial charge in [0, 0.05) is 61.3 Å². The van der Waals surface area contributed by atoms with Gasteiger partial charge >= 0.3 is 5.97 Å². The van der Waals surface area contributed by atoms with E-state index in [1.807, 2.05) is 19.1 Å². The monoisotopic (exact) mass is 882 g/mol. The number of halogens is 2. The molecule has 3 atom stereocenters. The number of piperazine rings is 1. The molecule has 0 amide bonds. The third-order valence-electron chi connectivity index (χ3n) is 11.1. The number of aliphatic carboxylic acids is 1. The number of carbonyl (C=O) groups is 1. The van der Waals surface area contributed by atoms with Gasteiger partial charge in [0.1, 0.15) is 59.6 Å². The number of carboxylic acid groups (broad SMARTS) is 1. The molecule has 0 radical (unpaired) electrons. The molecule has 62 heavy (non-hydrogen) atoms. The predicted molar refractivity (Wildman–Crippen MR) is 230 cm³/mol. The SMILES string of the molecule is Cc1c2ccc(c1Cl)O[C@H](CN1CCN(C)CC1)COc1ccc(OCc3ccnc(C4COCCO4)n3)c(c1)C[C@H](C(=O)O)Oc1ncnc3sc(-c4ccc(F)cc4)c-2c13. The molecule has 1 N–H and O–H groups in total. The van der Waals surface area contributed by atoms with E-state index >= 15 is 0 Å². The molecule has 17 heteroatoms. The van der Waals surface area contributed by atoms with Gasteiger partial charge in [0.15, 0.2) is 5.82 Å². The van der Waals surface area contributed by atoms with Crippen LogP contribution in [0.4, 0.5) is 4.39 Å². The summed E-state index contributed by atoms with van der Waals surface area (Å²) in [7, 11) is 2.11. The zero-order valence-electron chi connectivity index (χ0n) is 34.1. The van der Waals surface area contributed by atoms with Crippen molar-refractivity contribution in [1.29, 1.82) is 0 Å². The highest BCUT2D eigenvalue weighted by atomic mass is 35.5. The minimum Gasteiger partial charge on any atom is -0.490 e. The Kier molecular flexibility index (Phi) is 12.5. The summed E-state index contributed by atoms with van der Waals surface area (Å²) in [4.78, 5) is 37.3. The van der Waals surface area contributed by atoms with Crippen LogP contribution in [0.5, 0.6) is 23.1 Å². The van der Waals surface area contributed by atoms with Crippen LogP contribution in [0.25, 0.3) is 31.8 Å². The second-order valence-corrected chi connectivity index (χ2v) is 16.8. The molecule has 6 aromatic rings. The van der Waals surface area contributed by atoms with Crippen molar-refractivity contribution in [2.24, 2.45) is 0 Å². The highest BCUT2D eigenvalue weighted by molar-refractivity contribution is 7.22. The van der Waals surface area contributed by atoms with Gasteiger partial charge < -0.3 is 38.4 Å². The van der Waals surface area contributed by atoms with Gasteiger partial charge in [-0.3, -0.25) is 4.90 Å². The largest absolute Gasteiger partial charge is 0.490 e. The van der Waals surface area contributed by atoms with Crippen molar-refractivity contribution in [2.45, 2.75) is 38.3 Å². The number of hydrogen-bond acceptors (Lipinski definition) is 14. The van der Waals surface area contributed by atoms with Crippen LogP contribution in [0, 0.1) is 12.7 Å². The van der Waals surface area contributed by atoms with Crippen molar-refractivity contribution in [3.63, 3.8) is 0 Å². The smallest absolute Gasteiger partial charge is 0.345 e. The second-order valence-electron chi connectivity index (χ2n) is 15.4. The van der Waals surface area contributed by atoms with Crippen molar-refractivity contribution in [3.8, 4) is 44.7 Å². The van der Waals surface area contributed by atoms with Crippen LogP contribution in [-0.2, 0) is 27.3 Å². The highest BCUT2D eigenvalue weighted by Gasteiger charge is 2.30. The lowest BCUT2D eigenvalue weighted by Gasteiger charge is -2.34. The molecule has 4 aliphatic heterocycles. The fourth-order valence-electron chi connectivity index (χ4n) is 7.79. The first-order chi connectivity index (χ1) is 30.2. The normalized spacial score (nSPS) is 19.9. The molecule has 7 heterocycles. The van der Waals surface area contributed by atoms with E-state index < -0.39 is 18.2 Å². The molecule has 2 saturated heterocycles. The molecule has 14 nitrogen and oxygen atoms in total. The predicted octanol–water partition coefficient (Wildman–Crippen LogP) is 7.05. The Morgan fingerprint density at radius 1 is 1.00 bits per heavy atom. The molecule has 3 aromatic carbocycles. The third kappa shape index (κ3) is 9.16. The standard InChI is InChI=1S/C45H44ClFN6O8S/c1-26-33-8-10-35(40(26)46)60-32(21-53-15-13-52(2)14-16-53)23-58-31-7-9-34(59-22-30-11-12-48-42(51-30)37-24-56-17-18-57-37)28(19-31)20-36(45(54)55)61-43-39-38(33)41(62-44(39)50-25-49-43)27-3-5-29(47)6-4-27/h3-12,19,25,32,36-37H,13-18,20-24H2,1-2H3,(H,54,55)/t32-,36-,37?/m1/s1. The molecule has 4 aliphatic rings. The van der Waals surface area contributed by atoms with Gasteiger partial charge in [-0.15, -0.1) is 11.3 Å². The van der Waals surface area contributed by atoms with E-state index in [9.17, 15) is 14.3 Å². The van der Waals surface area contributed by atoms with E-state index in [-0.39, 0.29) is 37.4 Å².